The number of hydrogen-bond acceptors (Lipinski definition) is 12. The Bertz CT molecular complexity index is 2040. The lowest BCUT2D eigenvalue weighted by molar-refractivity contribution is -0.150. The SMILES string of the molecule is COC(=O)C(C)(C)NC(=O)C(C)(C)NC(=O)[C@H](CC(C)C)NC(=O)CNC(=O)C(C)(C)NC(=O)C(C)(C)NC(=O)C(C)(C)NC(=O)C(C)(C)NC(=O)[C@@H](Cc1ccccc1)NC(=O)OC(C)(C)C. The van der Waals surface area contributed by atoms with Crippen LogP contribution in [0.5, 0.6) is 0 Å². The van der Waals surface area contributed by atoms with Crippen molar-refractivity contribution in [1.29, 1.82) is 0 Å². The molecule has 0 heterocycles. The molecule has 0 aliphatic heterocycles. The Morgan fingerprint density at radius 3 is 1.28 bits per heavy atom. The maximum Gasteiger partial charge on any atom is 0.408 e. The predicted molar refractivity (Wildman–Crippen MR) is 253 cm³/mol. The molecule has 0 spiro atoms. The number of amides is 9. The Balaban J connectivity index is 2.98. The van der Waals surface area contributed by atoms with Gasteiger partial charge in [0.1, 0.15) is 50.9 Å². The van der Waals surface area contributed by atoms with Crippen molar-refractivity contribution in [3.63, 3.8) is 0 Å². The molecule has 0 aliphatic carbocycles. The molecule has 1 rings (SSSR count). The molecule has 0 aromatic heterocycles. The fraction of sp³-hybridized carbons (Fsp3) is 0.660. The van der Waals surface area contributed by atoms with Crippen molar-refractivity contribution in [3.05, 3.63) is 35.9 Å². The molecule has 0 aliphatic rings. The van der Waals surface area contributed by atoms with E-state index in [0.29, 0.717) is 0 Å². The van der Waals surface area contributed by atoms with Crippen LogP contribution in [0.3, 0.4) is 0 Å². The molecule has 0 unspecified atom stereocenters. The molecule has 0 saturated carbocycles. The van der Waals surface area contributed by atoms with Crippen molar-refractivity contribution in [2.45, 2.75) is 181 Å². The number of alkyl carbamates (subject to hydrolysis) is 1. The zero-order valence-electron chi connectivity index (χ0n) is 43.1. The van der Waals surface area contributed by atoms with E-state index in [2.05, 4.69) is 47.9 Å². The van der Waals surface area contributed by atoms with Crippen LogP contribution >= 0.6 is 0 Å². The minimum Gasteiger partial charge on any atom is -0.467 e. The molecule has 0 radical (unpaired) electrons. The van der Waals surface area contributed by atoms with Crippen molar-refractivity contribution in [3.8, 4) is 0 Å². The standard InChI is InChI=1S/C47H77N9O12/c1-27(2)24-29(32(58)51-44(10,11)36(62)56-47(16,17)39(65)67-18)49-31(57)26-48-34(60)42(6,7)53-37(63)45(12,13)55-38(64)46(14,15)54-35(61)43(8,9)52-33(59)30(25-28-22-20-19-21-23-28)50-40(66)68-41(3,4)5/h19-23,27,29-30H,24-26H2,1-18H3,(H,48,60)(H,49,57)(H,50,66)(H,51,58)(H,52,59)(H,53,63)(H,54,61)(H,55,64)(H,56,62)/t29-,30+/m0/s1. The summed E-state index contributed by atoms with van der Waals surface area (Å²) >= 11 is 0. The highest BCUT2D eigenvalue weighted by atomic mass is 16.6. The number of esters is 1. The van der Waals surface area contributed by atoms with Crippen LogP contribution in [0.1, 0.15) is 130 Å². The summed E-state index contributed by atoms with van der Waals surface area (Å²) in [7, 11) is 1.17. The number of rotatable bonds is 22. The Morgan fingerprint density at radius 2 is 0.882 bits per heavy atom. The van der Waals surface area contributed by atoms with Crippen molar-refractivity contribution >= 4 is 59.3 Å². The highest BCUT2D eigenvalue weighted by molar-refractivity contribution is 6.01. The third-order valence-electron chi connectivity index (χ3n) is 10.2. The third-order valence-corrected chi connectivity index (χ3v) is 10.2. The van der Waals surface area contributed by atoms with Crippen molar-refractivity contribution in [2.24, 2.45) is 5.92 Å². The average molecular weight is 960 g/mol. The lowest BCUT2D eigenvalue weighted by atomic mass is 9.95. The molecular weight excluding hydrogens is 883 g/mol. The van der Waals surface area contributed by atoms with E-state index < -0.39 is 117 Å². The van der Waals surface area contributed by atoms with Crippen molar-refractivity contribution in [1.82, 2.24) is 47.9 Å². The van der Waals surface area contributed by atoms with Crippen LogP contribution in [-0.4, -0.2) is 124 Å². The molecule has 2 atom stereocenters. The Hall–Kier alpha value is -6.28. The molecule has 0 saturated heterocycles. The second-order valence-corrected chi connectivity index (χ2v) is 21.4. The van der Waals surface area contributed by atoms with Gasteiger partial charge < -0.3 is 57.3 Å². The number of methoxy groups -OCH3 is 1. The average Bonchev–Trinajstić information content (AvgIpc) is 3.17. The molecule has 382 valence electrons. The number of benzene rings is 1. The summed E-state index contributed by atoms with van der Waals surface area (Å²) in [6.07, 6.45) is -0.595. The maximum atomic E-state index is 13.7. The van der Waals surface area contributed by atoms with Gasteiger partial charge in [-0.3, -0.25) is 38.4 Å². The first kappa shape index (κ1) is 59.7. The highest BCUT2D eigenvalue weighted by Gasteiger charge is 2.43. The van der Waals surface area contributed by atoms with Crippen LogP contribution in [0.4, 0.5) is 4.79 Å². The summed E-state index contributed by atoms with van der Waals surface area (Å²) in [5.74, 6) is -6.77. The van der Waals surface area contributed by atoms with E-state index in [1.165, 1.54) is 90.2 Å². The summed E-state index contributed by atoms with van der Waals surface area (Å²) in [4.78, 5) is 132. The van der Waals surface area contributed by atoms with Gasteiger partial charge in [-0.15, -0.1) is 0 Å². The van der Waals surface area contributed by atoms with Crippen LogP contribution in [0.15, 0.2) is 30.3 Å². The van der Waals surface area contributed by atoms with Gasteiger partial charge in [0.25, 0.3) is 0 Å². The van der Waals surface area contributed by atoms with E-state index in [-0.39, 0.29) is 18.8 Å². The Morgan fingerprint density at radius 1 is 0.500 bits per heavy atom. The van der Waals surface area contributed by atoms with Crippen LogP contribution in [0.25, 0.3) is 0 Å². The normalized spacial score (nSPS) is 13.3. The molecule has 68 heavy (non-hydrogen) atoms. The largest absolute Gasteiger partial charge is 0.467 e. The lowest BCUT2D eigenvalue weighted by Gasteiger charge is -2.36. The first-order valence-corrected chi connectivity index (χ1v) is 22.3. The third kappa shape index (κ3) is 19.1. The van der Waals surface area contributed by atoms with E-state index in [0.717, 1.165) is 5.56 Å². The smallest absolute Gasteiger partial charge is 0.408 e. The highest BCUT2D eigenvalue weighted by Crippen LogP contribution is 2.16. The van der Waals surface area contributed by atoms with Gasteiger partial charge in [0.05, 0.1) is 13.7 Å². The Labute approximate surface area is 400 Å². The van der Waals surface area contributed by atoms with Crippen LogP contribution in [-0.2, 0) is 59.0 Å². The molecule has 21 heteroatoms. The van der Waals surface area contributed by atoms with Crippen LogP contribution in [0.2, 0.25) is 0 Å². The Kier molecular flexibility index (Phi) is 20.3. The lowest BCUT2D eigenvalue weighted by Crippen LogP contribution is -2.68. The summed E-state index contributed by atoms with van der Waals surface area (Å²) in [5.41, 5.74) is -9.64. The minimum absolute atomic E-state index is 0.0753. The zero-order chi connectivity index (χ0) is 53.0. The number of carbonyl (C=O) groups excluding carboxylic acids is 10. The molecule has 9 N–H and O–H groups in total. The monoisotopic (exact) mass is 960 g/mol. The first-order chi connectivity index (χ1) is 30.7. The summed E-state index contributed by atoms with van der Waals surface area (Å²) in [6, 6.07) is 6.64. The maximum absolute atomic E-state index is 13.7. The number of hydrogen-bond donors (Lipinski definition) is 9. The van der Waals surface area contributed by atoms with Gasteiger partial charge in [-0.25, -0.2) is 9.59 Å². The van der Waals surface area contributed by atoms with E-state index in [1.807, 2.05) is 13.8 Å². The van der Waals surface area contributed by atoms with Crippen molar-refractivity contribution < 1.29 is 57.4 Å². The summed E-state index contributed by atoms with van der Waals surface area (Å²) < 4.78 is 10.1. The number of ether oxygens (including phenoxy) is 2. The van der Waals surface area contributed by atoms with Gasteiger partial charge in [-0.1, -0.05) is 44.2 Å². The quantitative estimate of drug-likeness (QED) is 0.0744. The van der Waals surface area contributed by atoms with Crippen LogP contribution < -0.4 is 47.9 Å². The second-order valence-electron chi connectivity index (χ2n) is 21.4. The second kappa shape index (κ2) is 23.1. The minimum atomic E-state index is -1.67. The van der Waals surface area contributed by atoms with Gasteiger partial charge >= 0.3 is 12.1 Å². The van der Waals surface area contributed by atoms with Gasteiger partial charge in [0, 0.05) is 6.42 Å². The van der Waals surface area contributed by atoms with Crippen LogP contribution in [0, 0.1) is 5.92 Å². The molecular formula is C47H77N9O12. The number of carbonyl (C=O) groups is 10. The van der Waals surface area contributed by atoms with E-state index in [1.54, 1.807) is 51.1 Å². The molecule has 1 aromatic rings. The number of nitrogens with one attached hydrogen (secondary N) is 9. The van der Waals surface area contributed by atoms with Gasteiger partial charge in [0.15, 0.2) is 0 Å². The fourth-order valence-corrected chi connectivity index (χ4v) is 5.98. The topological polar surface area (TPSA) is 297 Å². The van der Waals surface area contributed by atoms with E-state index in [9.17, 15) is 47.9 Å². The zero-order valence-corrected chi connectivity index (χ0v) is 43.1. The molecule has 0 fully saturated rings. The first-order valence-electron chi connectivity index (χ1n) is 22.3. The molecule has 9 amide bonds. The summed E-state index contributed by atoms with van der Waals surface area (Å²) in [6.45, 7) is 24.9. The van der Waals surface area contributed by atoms with Gasteiger partial charge in [0.2, 0.25) is 47.3 Å². The van der Waals surface area contributed by atoms with E-state index >= 15 is 0 Å². The van der Waals surface area contributed by atoms with E-state index in [4.69, 9.17) is 9.47 Å². The predicted octanol–water partition coefficient (Wildman–Crippen LogP) is 1.31. The fourth-order valence-electron chi connectivity index (χ4n) is 5.98. The van der Waals surface area contributed by atoms with Gasteiger partial charge in [-0.2, -0.15) is 0 Å². The van der Waals surface area contributed by atoms with Gasteiger partial charge in [-0.05, 0) is 122 Å². The molecule has 1 aromatic carbocycles. The molecule has 0 bridgehead atoms. The van der Waals surface area contributed by atoms with Crippen molar-refractivity contribution in [2.75, 3.05) is 13.7 Å². The summed E-state index contributed by atoms with van der Waals surface area (Å²) in [5, 5.41) is 23.1. The molecule has 21 nitrogen and oxygen atoms in total.